The Bertz CT molecular complexity index is 333. The quantitative estimate of drug-likeness (QED) is 0.565. The van der Waals surface area contributed by atoms with Gasteiger partial charge in [-0.2, -0.15) is 0 Å². The molecule has 0 aliphatic heterocycles. The molecule has 0 unspecified atom stereocenters. The van der Waals surface area contributed by atoms with E-state index in [2.05, 4.69) is 20.8 Å². The summed E-state index contributed by atoms with van der Waals surface area (Å²) in [5.41, 5.74) is 6.93. The number of hydrogen-bond acceptors (Lipinski definition) is 4. The molecule has 104 valence electrons. The number of allylic oxidation sites excluding steroid dienone is 2. The van der Waals surface area contributed by atoms with Crippen molar-refractivity contribution >= 4 is 17.7 Å². The van der Waals surface area contributed by atoms with Crippen LogP contribution in [0.2, 0.25) is 0 Å². The predicted molar refractivity (Wildman–Crippen MR) is 78.9 cm³/mol. The Morgan fingerprint density at radius 2 is 2.00 bits per heavy atom. The molecule has 3 nitrogen and oxygen atoms in total. The van der Waals surface area contributed by atoms with Gasteiger partial charge in [0.25, 0.3) is 0 Å². The van der Waals surface area contributed by atoms with Gasteiger partial charge in [-0.3, -0.25) is 0 Å². The van der Waals surface area contributed by atoms with Crippen LogP contribution in [-0.4, -0.2) is 12.6 Å². The topological polar surface area (TPSA) is 52.3 Å². The van der Waals surface area contributed by atoms with Crippen molar-refractivity contribution in [2.24, 2.45) is 11.7 Å². The molecule has 0 rings (SSSR count). The molecule has 0 amide bonds. The number of ether oxygens (including phenoxy) is 1. The van der Waals surface area contributed by atoms with Crippen molar-refractivity contribution in [3.05, 3.63) is 21.6 Å². The Kier molecular flexibility index (Phi) is 8.63. The van der Waals surface area contributed by atoms with Gasteiger partial charge in [0.05, 0.1) is 16.5 Å². The molecule has 0 aliphatic rings. The van der Waals surface area contributed by atoms with Crippen molar-refractivity contribution in [3.8, 4) is 0 Å². The van der Waals surface area contributed by atoms with Gasteiger partial charge in [-0.15, -0.1) is 0 Å². The molecule has 4 heteroatoms. The molecule has 0 saturated heterocycles. The Hall–Kier alpha value is -0.900. The smallest absolute Gasteiger partial charge is 0.344 e. The van der Waals surface area contributed by atoms with Crippen molar-refractivity contribution in [3.63, 3.8) is 0 Å². The lowest BCUT2D eigenvalue weighted by molar-refractivity contribution is -0.137. The molecule has 0 fully saturated rings. The molecule has 0 aromatic heterocycles. The molecular weight excluding hydrogens is 246 g/mol. The molecule has 0 spiro atoms. The van der Waals surface area contributed by atoms with Crippen LogP contribution in [0.1, 0.15) is 47.5 Å². The van der Waals surface area contributed by atoms with Gasteiger partial charge in [-0.1, -0.05) is 45.0 Å². The molecule has 0 aromatic rings. The number of nitrogens with two attached hydrogens (primary N) is 1. The Labute approximate surface area is 115 Å². The second kappa shape index (κ2) is 9.09. The Balaban J connectivity index is 5.01. The van der Waals surface area contributed by atoms with Gasteiger partial charge in [-0.05, 0) is 31.8 Å². The molecule has 0 radical (unpaired) electrons. The first kappa shape index (κ1) is 17.1. The van der Waals surface area contributed by atoms with Crippen LogP contribution in [0, 0.1) is 5.92 Å². The van der Waals surface area contributed by atoms with Crippen LogP contribution in [0.15, 0.2) is 21.6 Å². The summed E-state index contributed by atoms with van der Waals surface area (Å²) in [5, 5.41) is 0.667. The summed E-state index contributed by atoms with van der Waals surface area (Å²) in [6.45, 7) is 10.4. The fourth-order valence-electron chi connectivity index (χ4n) is 1.19. The number of carbonyl (C=O) groups excluding carboxylic acids is 1. The summed E-state index contributed by atoms with van der Waals surface area (Å²) in [7, 11) is 0. The van der Waals surface area contributed by atoms with E-state index in [0.29, 0.717) is 22.5 Å². The van der Waals surface area contributed by atoms with Gasteiger partial charge in [0, 0.05) is 0 Å². The Morgan fingerprint density at radius 1 is 1.39 bits per heavy atom. The first-order valence-electron chi connectivity index (χ1n) is 6.45. The number of hydrogen-bond donors (Lipinski definition) is 1. The van der Waals surface area contributed by atoms with Gasteiger partial charge in [0.1, 0.15) is 0 Å². The molecule has 0 atom stereocenters. The first-order valence-corrected chi connectivity index (χ1v) is 7.26. The van der Waals surface area contributed by atoms with Gasteiger partial charge in [-0.25, -0.2) is 4.79 Å². The SMILES string of the molecule is CCC/C=C(\N)S/C(C(=O)OCC)=C(\C)C(C)C. The third-order valence-electron chi connectivity index (χ3n) is 2.54. The first-order chi connectivity index (χ1) is 8.43. The van der Waals surface area contributed by atoms with Gasteiger partial charge >= 0.3 is 5.97 Å². The van der Waals surface area contributed by atoms with Gasteiger partial charge < -0.3 is 10.5 Å². The van der Waals surface area contributed by atoms with Crippen LogP contribution < -0.4 is 5.73 Å². The average molecular weight is 271 g/mol. The van der Waals surface area contributed by atoms with Crippen molar-refractivity contribution < 1.29 is 9.53 Å². The highest BCUT2D eigenvalue weighted by atomic mass is 32.2. The second-order valence-electron chi connectivity index (χ2n) is 4.38. The monoisotopic (exact) mass is 271 g/mol. The lowest BCUT2D eigenvalue weighted by atomic mass is 10.1. The zero-order valence-electron chi connectivity index (χ0n) is 12.1. The van der Waals surface area contributed by atoms with E-state index in [0.717, 1.165) is 18.4 Å². The van der Waals surface area contributed by atoms with E-state index < -0.39 is 0 Å². The van der Waals surface area contributed by atoms with Crippen LogP contribution in [0.4, 0.5) is 0 Å². The number of esters is 1. The minimum atomic E-state index is -0.276. The second-order valence-corrected chi connectivity index (χ2v) is 5.47. The molecular formula is C14H25NO2S. The summed E-state index contributed by atoms with van der Waals surface area (Å²) in [6, 6.07) is 0. The number of unbranched alkanes of at least 4 members (excludes halogenated alkanes) is 1. The zero-order chi connectivity index (χ0) is 14.1. The van der Waals surface area contributed by atoms with Crippen molar-refractivity contribution in [2.75, 3.05) is 6.61 Å². The van der Waals surface area contributed by atoms with E-state index in [1.54, 1.807) is 6.92 Å². The molecule has 18 heavy (non-hydrogen) atoms. The van der Waals surface area contributed by atoms with E-state index in [4.69, 9.17) is 10.5 Å². The van der Waals surface area contributed by atoms with Crippen LogP contribution >= 0.6 is 11.8 Å². The zero-order valence-corrected chi connectivity index (χ0v) is 12.9. The third-order valence-corrected chi connectivity index (χ3v) is 3.63. The predicted octanol–water partition coefficient (Wildman–Crippen LogP) is 3.81. The molecule has 0 bridgehead atoms. The summed E-state index contributed by atoms with van der Waals surface area (Å²) in [6.07, 6.45) is 3.93. The lowest BCUT2D eigenvalue weighted by Crippen LogP contribution is -2.10. The fraction of sp³-hybridized carbons (Fsp3) is 0.643. The number of thioether (sulfide) groups is 1. The van der Waals surface area contributed by atoms with Crippen molar-refractivity contribution in [1.82, 2.24) is 0 Å². The lowest BCUT2D eigenvalue weighted by Gasteiger charge is -2.13. The minimum Gasteiger partial charge on any atom is -0.462 e. The maximum absolute atomic E-state index is 11.9. The standard InChI is InChI=1S/C14H25NO2S/c1-6-8-9-12(15)18-13(11(5)10(3)4)14(16)17-7-2/h9-10H,6-8,15H2,1-5H3/b12-9+,13-11+. The summed E-state index contributed by atoms with van der Waals surface area (Å²) >= 11 is 1.31. The third kappa shape index (κ3) is 6.15. The molecule has 0 aliphatic carbocycles. The van der Waals surface area contributed by atoms with Crippen LogP contribution in [-0.2, 0) is 9.53 Å². The number of carbonyl (C=O) groups is 1. The van der Waals surface area contributed by atoms with Crippen molar-refractivity contribution in [2.45, 2.75) is 47.5 Å². The molecule has 0 saturated carbocycles. The largest absolute Gasteiger partial charge is 0.462 e. The minimum absolute atomic E-state index is 0.276. The highest BCUT2D eigenvalue weighted by Gasteiger charge is 2.17. The normalized spacial score (nSPS) is 13.6. The summed E-state index contributed by atoms with van der Waals surface area (Å²) in [5.74, 6) is 0.0254. The molecule has 0 heterocycles. The van der Waals surface area contributed by atoms with Crippen LogP contribution in [0.25, 0.3) is 0 Å². The van der Waals surface area contributed by atoms with E-state index in [9.17, 15) is 4.79 Å². The summed E-state index contributed by atoms with van der Waals surface area (Å²) < 4.78 is 5.08. The van der Waals surface area contributed by atoms with E-state index in [-0.39, 0.29) is 5.97 Å². The highest BCUT2D eigenvalue weighted by molar-refractivity contribution is 8.07. The maximum Gasteiger partial charge on any atom is 0.344 e. The van der Waals surface area contributed by atoms with Gasteiger partial charge in [0.2, 0.25) is 0 Å². The van der Waals surface area contributed by atoms with Gasteiger partial charge in [0.15, 0.2) is 0 Å². The highest BCUT2D eigenvalue weighted by Crippen LogP contribution is 2.29. The number of rotatable bonds is 7. The van der Waals surface area contributed by atoms with Crippen LogP contribution in [0.3, 0.4) is 0 Å². The average Bonchev–Trinajstić information content (AvgIpc) is 2.32. The molecule has 0 aromatic carbocycles. The van der Waals surface area contributed by atoms with E-state index in [1.807, 2.05) is 13.0 Å². The summed E-state index contributed by atoms with van der Waals surface area (Å²) in [4.78, 5) is 12.5. The Morgan fingerprint density at radius 3 is 2.44 bits per heavy atom. The van der Waals surface area contributed by atoms with E-state index >= 15 is 0 Å². The molecule has 2 N–H and O–H groups in total. The maximum atomic E-state index is 11.9. The van der Waals surface area contributed by atoms with E-state index in [1.165, 1.54) is 11.8 Å². The fourth-order valence-corrected chi connectivity index (χ4v) is 2.16. The van der Waals surface area contributed by atoms with Crippen LogP contribution in [0.5, 0.6) is 0 Å². The van der Waals surface area contributed by atoms with Crippen molar-refractivity contribution in [1.29, 1.82) is 0 Å².